The zero-order chi connectivity index (χ0) is 20.7. The van der Waals surface area contributed by atoms with Gasteiger partial charge in [0.15, 0.2) is 0 Å². The molecule has 1 aromatic heterocycles. The van der Waals surface area contributed by atoms with Crippen LogP contribution in [0.2, 0.25) is 0 Å². The van der Waals surface area contributed by atoms with Gasteiger partial charge in [0.25, 0.3) is 11.8 Å². The van der Waals surface area contributed by atoms with Crippen molar-refractivity contribution in [2.75, 3.05) is 6.54 Å². The normalized spacial score (nSPS) is 17.9. The van der Waals surface area contributed by atoms with Gasteiger partial charge in [0.1, 0.15) is 0 Å². The zero-order valence-electron chi connectivity index (χ0n) is 16.6. The highest BCUT2D eigenvalue weighted by Crippen LogP contribution is 2.29. The van der Waals surface area contributed by atoms with Crippen LogP contribution in [0.5, 0.6) is 0 Å². The van der Waals surface area contributed by atoms with Gasteiger partial charge in [-0.25, -0.2) is 0 Å². The average Bonchev–Trinajstić information content (AvgIpc) is 3.24. The second-order valence-electron chi connectivity index (χ2n) is 8.05. The van der Waals surface area contributed by atoms with Gasteiger partial charge in [0.2, 0.25) is 5.91 Å². The minimum absolute atomic E-state index is 0.0313. The zero-order valence-corrected chi connectivity index (χ0v) is 16.6. The number of aromatic nitrogens is 1. The van der Waals surface area contributed by atoms with Gasteiger partial charge < -0.3 is 10.3 Å². The van der Waals surface area contributed by atoms with Crippen LogP contribution in [0.4, 0.5) is 0 Å². The summed E-state index contributed by atoms with van der Waals surface area (Å²) in [7, 11) is 0. The summed E-state index contributed by atoms with van der Waals surface area (Å²) in [5, 5.41) is 4.40. The first kappa shape index (κ1) is 18.6. The molecule has 2 aromatic carbocycles. The van der Waals surface area contributed by atoms with E-state index < -0.39 is 0 Å². The SMILES string of the molecule is O=C(CCCN1C(=O)c2ccccc2C1=O)NC1CCc2c([nH]c3ccccc23)C1. The Hall–Kier alpha value is -3.41. The molecule has 0 bridgehead atoms. The van der Waals surface area contributed by atoms with Gasteiger partial charge >= 0.3 is 0 Å². The van der Waals surface area contributed by atoms with E-state index in [1.807, 2.05) is 6.07 Å². The molecule has 6 heteroatoms. The van der Waals surface area contributed by atoms with Gasteiger partial charge in [0, 0.05) is 42.0 Å². The summed E-state index contributed by atoms with van der Waals surface area (Å²) in [4.78, 5) is 42.0. The Morgan fingerprint density at radius 3 is 2.50 bits per heavy atom. The van der Waals surface area contributed by atoms with Crippen molar-refractivity contribution in [3.05, 3.63) is 70.9 Å². The highest BCUT2D eigenvalue weighted by atomic mass is 16.2. The van der Waals surface area contributed by atoms with Gasteiger partial charge in [-0.15, -0.1) is 0 Å². The molecule has 3 amide bonds. The fourth-order valence-electron chi connectivity index (χ4n) is 4.65. The number of nitrogens with zero attached hydrogens (tertiary/aromatic N) is 1. The van der Waals surface area contributed by atoms with Crippen LogP contribution in [-0.4, -0.2) is 40.2 Å². The quantitative estimate of drug-likeness (QED) is 0.644. The monoisotopic (exact) mass is 401 g/mol. The fraction of sp³-hybridized carbons (Fsp3) is 0.292. The van der Waals surface area contributed by atoms with E-state index in [4.69, 9.17) is 0 Å². The number of benzene rings is 2. The number of carbonyl (C=O) groups excluding carboxylic acids is 3. The molecule has 5 rings (SSSR count). The molecule has 0 fully saturated rings. The number of hydrogen-bond donors (Lipinski definition) is 2. The van der Waals surface area contributed by atoms with Crippen LogP contribution in [0.15, 0.2) is 48.5 Å². The number of rotatable bonds is 5. The van der Waals surface area contributed by atoms with Crippen LogP contribution in [0, 0.1) is 0 Å². The minimum atomic E-state index is -0.269. The number of hydrogen-bond acceptors (Lipinski definition) is 3. The van der Waals surface area contributed by atoms with Crippen LogP contribution in [0.1, 0.15) is 51.2 Å². The standard InChI is InChI=1S/C24H23N3O3/c28-22(10-5-13-27-23(29)18-7-1-2-8-19(18)24(27)30)25-15-11-12-17-16-6-3-4-9-20(16)26-21(17)14-15/h1-4,6-9,15,26H,5,10-14H2,(H,25,28). The second-order valence-corrected chi connectivity index (χ2v) is 8.05. The summed E-state index contributed by atoms with van der Waals surface area (Å²) in [6, 6.07) is 15.3. The number of imide groups is 1. The predicted octanol–water partition coefficient (Wildman–Crippen LogP) is 3.22. The van der Waals surface area contributed by atoms with Gasteiger partial charge in [-0.05, 0) is 43.0 Å². The van der Waals surface area contributed by atoms with Crippen molar-refractivity contribution < 1.29 is 14.4 Å². The third-order valence-corrected chi connectivity index (χ3v) is 6.12. The van der Waals surface area contributed by atoms with Crippen LogP contribution in [0.3, 0.4) is 0 Å². The number of H-pyrrole nitrogens is 1. The summed E-state index contributed by atoms with van der Waals surface area (Å²) in [6.07, 6.45) is 3.41. The van der Waals surface area contributed by atoms with E-state index in [-0.39, 0.29) is 30.3 Å². The molecular formula is C24H23N3O3. The molecule has 0 spiro atoms. The van der Waals surface area contributed by atoms with Crippen molar-refractivity contribution >= 4 is 28.6 Å². The largest absolute Gasteiger partial charge is 0.358 e. The molecule has 30 heavy (non-hydrogen) atoms. The lowest BCUT2D eigenvalue weighted by Gasteiger charge is -2.23. The molecule has 1 unspecified atom stereocenters. The second kappa shape index (κ2) is 7.44. The highest BCUT2D eigenvalue weighted by Gasteiger charge is 2.34. The Labute approximate surface area is 174 Å². The van der Waals surface area contributed by atoms with E-state index >= 15 is 0 Å². The molecular weight excluding hydrogens is 378 g/mol. The van der Waals surface area contributed by atoms with Crippen molar-refractivity contribution in [1.29, 1.82) is 0 Å². The first-order valence-electron chi connectivity index (χ1n) is 10.4. The molecule has 6 nitrogen and oxygen atoms in total. The number of amides is 3. The molecule has 0 radical (unpaired) electrons. The first-order valence-corrected chi connectivity index (χ1v) is 10.4. The molecule has 1 atom stereocenters. The molecule has 152 valence electrons. The Morgan fingerprint density at radius 2 is 1.73 bits per heavy atom. The first-order chi connectivity index (χ1) is 14.6. The van der Waals surface area contributed by atoms with Crippen LogP contribution < -0.4 is 5.32 Å². The third kappa shape index (κ3) is 3.18. The Kier molecular flexibility index (Phi) is 4.62. The van der Waals surface area contributed by atoms with Gasteiger partial charge in [-0.2, -0.15) is 0 Å². The van der Waals surface area contributed by atoms with E-state index in [0.29, 0.717) is 24.0 Å². The maximum absolute atomic E-state index is 12.4. The topological polar surface area (TPSA) is 82.3 Å². The summed E-state index contributed by atoms with van der Waals surface area (Å²) < 4.78 is 0. The third-order valence-electron chi connectivity index (χ3n) is 6.12. The van der Waals surface area contributed by atoms with E-state index in [2.05, 4.69) is 28.5 Å². The predicted molar refractivity (Wildman–Crippen MR) is 113 cm³/mol. The van der Waals surface area contributed by atoms with Crippen LogP contribution in [0.25, 0.3) is 10.9 Å². The Morgan fingerprint density at radius 1 is 1.03 bits per heavy atom. The van der Waals surface area contributed by atoms with E-state index in [1.165, 1.54) is 21.5 Å². The van der Waals surface area contributed by atoms with Crippen LogP contribution >= 0.6 is 0 Å². The number of carbonyl (C=O) groups is 3. The molecule has 0 saturated heterocycles. The fourth-order valence-corrected chi connectivity index (χ4v) is 4.65. The lowest BCUT2D eigenvalue weighted by atomic mass is 9.91. The van der Waals surface area contributed by atoms with Crippen molar-refractivity contribution in [3.8, 4) is 0 Å². The lowest BCUT2D eigenvalue weighted by Crippen LogP contribution is -2.39. The molecule has 1 aliphatic carbocycles. The average molecular weight is 401 g/mol. The summed E-state index contributed by atoms with van der Waals surface area (Å²) in [5.74, 6) is -0.569. The van der Waals surface area contributed by atoms with Crippen LogP contribution in [-0.2, 0) is 17.6 Å². The molecule has 2 N–H and O–H groups in total. The molecule has 2 aliphatic rings. The van der Waals surface area contributed by atoms with Crippen molar-refractivity contribution in [2.45, 2.75) is 38.1 Å². The number of nitrogens with one attached hydrogen (secondary N) is 2. The Balaban J connectivity index is 1.14. The molecule has 1 aliphatic heterocycles. The summed E-state index contributed by atoms with van der Waals surface area (Å²) in [5.41, 5.74) is 4.61. The van der Waals surface area contributed by atoms with Crippen molar-refractivity contribution in [1.82, 2.24) is 15.2 Å². The van der Waals surface area contributed by atoms with Crippen molar-refractivity contribution in [2.24, 2.45) is 0 Å². The summed E-state index contributed by atoms with van der Waals surface area (Å²) >= 11 is 0. The number of aromatic amines is 1. The molecule has 3 aromatic rings. The molecule has 0 saturated carbocycles. The maximum Gasteiger partial charge on any atom is 0.261 e. The highest BCUT2D eigenvalue weighted by molar-refractivity contribution is 6.21. The Bertz CT molecular complexity index is 1130. The van der Waals surface area contributed by atoms with Gasteiger partial charge in [0.05, 0.1) is 11.1 Å². The van der Waals surface area contributed by atoms with Gasteiger partial charge in [-0.3, -0.25) is 19.3 Å². The summed E-state index contributed by atoms with van der Waals surface area (Å²) in [6.45, 7) is 0.261. The lowest BCUT2D eigenvalue weighted by molar-refractivity contribution is -0.122. The van der Waals surface area contributed by atoms with E-state index in [1.54, 1.807) is 24.3 Å². The van der Waals surface area contributed by atoms with Gasteiger partial charge in [-0.1, -0.05) is 30.3 Å². The number of para-hydroxylation sites is 1. The van der Waals surface area contributed by atoms with Crippen molar-refractivity contribution in [3.63, 3.8) is 0 Å². The smallest absolute Gasteiger partial charge is 0.261 e. The van der Waals surface area contributed by atoms with E-state index in [0.717, 1.165) is 24.8 Å². The number of fused-ring (bicyclic) bond motifs is 4. The maximum atomic E-state index is 12.4. The minimum Gasteiger partial charge on any atom is -0.358 e. The van der Waals surface area contributed by atoms with E-state index in [9.17, 15) is 14.4 Å². The number of aryl methyl sites for hydroxylation is 1. The molecule has 2 heterocycles.